The zero-order valence-electron chi connectivity index (χ0n) is 11.9. The van der Waals surface area contributed by atoms with Crippen molar-refractivity contribution >= 4 is 22.4 Å². The van der Waals surface area contributed by atoms with Gasteiger partial charge >= 0.3 is 0 Å². The van der Waals surface area contributed by atoms with E-state index in [0.29, 0.717) is 17.5 Å². The highest BCUT2D eigenvalue weighted by Crippen LogP contribution is 2.36. The molecule has 1 aliphatic rings. The Morgan fingerprint density at radius 1 is 1.29 bits per heavy atom. The smallest absolute Gasteiger partial charge is 0.230 e. The minimum absolute atomic E-state index is 0.0347. The average molecular weight is 301 g/mol. The third-order valence-electron chi connectivity index (χ3n) is 3.86. The van der Waals surface area contributed by atoms with Crippen molar-refractivity contribution in [2.24, 2.45) is 0 Å². The molecule has 2 aromatic rings. The number of pyridine rings is 1. The molecule has 1 aliphatic carbocycles. The van der Waals surface area contributed by atoms with Gasteiger partial charge in [0.05, 0.1) is 6.42 Å². The van der Waals surface area contributed by atoms with Gasteiger partial charge in [0.1, 0.15) is 0 Å². The monoisotopic (exact) mass is 301 g/mol. The summed E-state index contributed by atoms with van der Waals surface area (Å²) in [7, 11) is 0. The summed E-state index contributed by atoms with van der Waals surface area (Å²) < 4.78 is 0. The molecule has 3 rings (SSSR count). The lowest BCUT2D eigenvalue weighted by molar-refractivity contribution is -0.115. The third kappa shape index (κ3) is 3.88. The first kappa shape index (κ1) is 14.2. The molecule has 0 saturated heterocycles. The molecule has 0 unspecified atom stereocenters. The SMILES string of the molecule is O=C(Cc1cccnc1)Nc1ncc(C2CCCCC2)s1. The Labute approximate surface area is 128 Å². The zero-order valence-corrected chi connectivity index (χ0v) is 12.7. The molecule has 21 heavy (non-hydrogen) atoms. The Morgan fingerprint density at radius 2 is 2.14 bits per heavy atom. The first-order chi connectivity index (χ1) is 10.3. The van der Waals surface area contributed by atoms with Crippen LogP contribution < -0.4 is 5.32 Å². The van der Waals surface area contributed by atoms with Crippen molar-refractivity contribution in [1.82, 2.24) is 9.97 Å². The van der Waals surface area contributed by atoms with Crippen molar-refractivity contribution in [3.8, 4) is 0 Å². The summed E-state index contributed by atoms with van der Waals surface area (Å²) in [5.41, 5.74) is 0.916. The number of nitrogens with zero attached hydrogens (tertiary/aromatic N) is 2. The maximum absolute atomic E-state index is 12.0. The van der Waals surface area contributed by atoms with Crippen LogP contribution in [0, 0.1) is 0 Å². The Morgan fingerprint density at radius 3 is 2.90 bits per heavy atom. The van der Waals surface area contributed by atoms with Gasteiger partial charge in [-0.2, -0.15) is 0 Å². The van der Waals surface area contributed by atoms with Gasteiger partial charge in [-0.05, 0) is 30.4 Å². The minimum atomic E-state index is -0.0347. The van der Waals surface area contributed by atoms with Crippen LogP contribution in [-0.4, -0.2) is 15.9 Å². The van der Waals surface area contributed by atoms with E-state index in [4.69, 9.17) is 0 Å². The van der Waals surface area contributed by atoms with Gasteiger partial charge in [-0.15, -0.1) is 11.3 Å². The van der Waals surface area contributed by atoms with Crippen LogP contribution in [0.2, 0.25) is 0 Å². The van der Waals surface area contributed by atoms with Crippen molar-refractivity contribution in [3.63, 3.8) is 0 Å². The van der Waals surface area contributed by atoms with Gasteiger partial charge in [-0.1, -0.05) is 25.3 Å². The van der Waals surface area contributed by atoms with E-state index in [2.05, 4.69) is 15.3 Å². The fourth-order valence-corrected chi connectivity index (χ4v) is 3.77. The van der Waals surface area contributed by atoms with E-state index >= 15 is 0 Å². The number of rotatable bonds is 4. The Hall–Kier alpha value is -1.75. The number of amides is 1. The van der Waals surface area contributed by atoms with Crippen LogP contribution in [0.1, 0.15) is 48.5 Å². The van der Waals surface area contributed by atoms with Gasteiger partial charge in [0.25, 0.3) is 0 Å². The summed E-state index contributed by atoms with van der Waals surface area (Å²) in [4.78, 5) is 21.7. The summed E-state index contributed by atoms with van der Waals surface area (Å²) >= 11 is 1.62. The molecular formula is C16H19N3OS. The number of aromatic nitrogens is 2. The average Bonchev–Trinajstić information content (AvgIpc) is 2.97. The van der Waals surface area contributed by atoms with E-state index in [-0.39, 0.29) is 5.91 Å². The molecule has 0 radical (unpaired) electrons. The van der Waals surface area contributed by atoms with E-state index in [9.17, 15) is 4.79 Å². The molecule has 5 heteroatoms. The Kier molecular flexibility index (Phi) is 4.60. The molecular weight excluding hydrogens is 282 g/mol. The van der Waals surface area contributed by atoms with E-state index in [1.807, 2.05) is 18.3 Å². The molecule has 110 valence electrons. The first-order valence-electron chi connectivity index (χ1n) is 7.46. The summed E-state index contributed by atoms with van der Waals surface area (Å²) in [5, 5.41) is 3.60. The molecule has 0 spiro atoms. The number of anilines is 1. The van der Waals surface area contributed by atoms with Gasteiger partial charge in [-0.3, -0.25) is 9.78 Å². The van der Waals surface area contributed by atoms with Crippen molar-refractivity contribution < 1.29 is 4.79 Å². The van der Waals surface area contributed by atoms with Gasteiger partial charge in [0.2, 0.25) is 5.91 Å². The van der Waals surface area contributed by atoms with Crippen molar-refractivity contribution in [3.05, 3.63) is 41.2 Å². The van der Waals surface area contributed by atoms with Crippen LogP contribution >= 0.6 is 11.3 Å². The number of hydrogen-bond donors (Lipinski definition) is 1. The van der Waals surface area contributed by atoms with Crippen LogP contribution in [0.5, 0.6) is 0 Å². The second kappa shape index (κ2) is 6.80. The number of hydrogen-bond acceptors (Lipinski definition) is 4. The van der Waals surface area contributed by atoms with Gasteiger partial charge in [-0.25, -0.2) is 4.98 Å². The first-order valence-corrected chi connectivity index (χ1v) is 8.27. The van der Waals surface area contributed by atoms with Crippen LogP contribution in [0.15, 0.2) is 30.7 Å². The molecule has 1 fully saturated rings. The lowest BCUT2D eigenvalue weighted by atomic mass is 9.89. The summed E-state index contributed by atoms with van der Waals surface area (Å²) in [6, 6.07) is 3.75. The molecule has 0 bridgehead atoms. The summed E-state index contributed by atoms with van der Waals surface area (Å²) in [5.74, 6) is 0.604. The number of thiazole rings is 1. The maximum atomic E-state index is 12.0. The quantitative estimate of drug-likeness (QED) is 0.935. The highest BCUT2D eigenvalue weighted by atomic mass is 32.1. The summed E-state index contributed by atoms with van der Waals surface area (Å²) in [6.07, 6.45) is 12.2. The molecule has 2 aromatic heterocycles. The summed E-state index contributed by atoms with van der Waals surface area (Å²) in [6.45, 7) is 0. The third-order valence-corrected chi connectivity index (χ3v) is 4.94. The maximum Gasteiger partial charge on any atom is 0.230 e. The fraction of sp³-hybridized carbons (Fsp3) is 0.438. The normalized spacial score (nSPS) is 15.8. The lowest BCUT2D eigenvalue weighted by Crippen LogP contribution is -2.14. The van der Waals surface area contributed by atoms with E-state index in [0.717, 1.165) is 5.56 Å². The largest absolute Gasteiger partial charge is 0.302 e. The molecule has 2 heterocycles. The molecule has 0 atom stereocenters. The molecule has 0 aliphatic heterocycles. The zero-order chi connectivity index (χ0) is 14.5. The molecule has 4 nitrogen and oxygen atoms in total. The van der Waals surface area contributed by atoms with E-state index < -0.39 is 0 Å². The number of carbonyl (C=O) groups is 1. The molecule has 1 saturated carbocycles. The van der Waals surface area contributed by atoms with Crippen LogP contribution in [-0.2, 0) is 11.2 Å². The Bertz CT molecular complexity index is 591. The Balaban J connectivity index is 1.57. The minimum Gasteiger partial charge on any atom is -0.302 e. The standard InChI is InChI=1S/C16H19N3OS/c20-15(9-12-5-4-8-17-10-12)19-16-18-11-14(21-16)13-6-2-1-3-7-13/h4-5,8,10-11,13H,1-3,6-7,9H2,(H,18,19,20). The van der Waals surface area contributed by atoms with E-state index in [1.165, 1.54) is 37.0 Å². The van der Waals surface area contributed by atoms with Crippen molar-refractivity contribution in [2.45, 2.75) is 44.4 Å². The highest BCUT2D eigenvalue weighted by molar-refractivity contribution is 7.15. The lowest BCUT2D eigenvalue weighted by Gasteiger charge is -2.19. The van der Waals surface area contributed by atoms with Crippen LogP contribution in [0.25, 0.3) is 0 Å². The molecule has 1 N–H and O–H groups in total. The second-order valence-corrected chi connectivity index (χ2v) is 6.55. The number of nitrogens with one attached hydrogen (secondary N) is 1. The van der Waals surface area contributed by atoms with Gasteiger partial charge in [0, 0.05) is 23.5 Å². The predicted molar refractivity (Wildman–Crippen MR) is 84.5 cm³/mol. The molecule has 1 amide bonds. The number of carbonyl (C=O) groups excluding carboxylic acids is 1. The van der Waals surface area contributed by atoms with E-state index in [1.54, 1.807) is 23.7 Å². The van der Waals surface area contributed by atoms with Crippen molar-refractivity contribution in [1.29, 1.82) is 0 Å². The highest BCUT2D eigenvalue weighted by Gasteiger charge is 2.18. The predicted octanol–water partition coefficient (Wildman–Crippen LogP) is 3.77. The van der Waals surface area contributed by atoms with Gasteiger partial charge < -0.3 is 5.32 Å². The topological polar surface area (TPSA) is 54.9 Å². The van der Waals surface area contributed by atoms with Crippen LogP contribution in [0.4, 0.5) is 5.13 Å². The second-order valence-electron chi connectivity index (χ2n) is 5.49. The van der Waals surface area contributed by atoms with Crippen molar-refractivity contribution in [2.75, 3.05) is 5.32 Å². The van der Waals surface area contributed by atoms with Crippen LogP contribution in [0.3, 0.4) is 0 Å². The fourth-order valence-electron chi connectivity index (χ4n) is 2.77. The van der Waals surface area contributed by atoms with Gasteiger partial charge in [0.15, 0.2) is 5.13 Å². The molecule has 0 aromatic carbocycles.